The third-order valence-electron chi connectivity index (χ3n) is 2.54. The molecule has 3 N–H and O–H groups in total. The normalized spacial score (nSPS) is 11.1. The van der Waals surface area contributed by atoms with Gasteiger partial charge >= 0.3 is 0 Å². The van der Waals surface area contributed by atoms with Crippen molar-refractivity contribution in [1.82, 2.24) is 4.98 Å². The molecular formula is C11H12N2O3S. The summed E-state index contributed by atoms with van der Waals surface area (Å²) in [5.41, 5.74) is 7.20. The van der Waals surface area contributed by atoms with Gasteiger partial charge in [0, 0.05) is 16.6 Å². The number of thiol groups is 1. The molecule has 0 spiro atoms. The first-order chi connectivity index (χ1) is 8.08. The molecule has 5 nitrogen and oxygen atoms in total. The molecule has 1 aromatic heterocycles. The van der Waals surface area contributed by atoms with Crippen LogP contribution in [-0.2, 0) is 27.7 Å². The number of para-hydroxylation sites is 1. The molecule has 2 rings (SSSR count). The van der Waals surface area contributed by atoms with Crippen LogP contribution in [0.1, 0.15) is 11.3 Å². The van der Waals surface area contributed by atoms with Crippen molar-refractivity contribution < 1.29 is 13.2 Å². The topological polar surface area (TPSA) is 93.0 Å². The highest BCUT2D eigenvalue weighted by molar-refractivity contribution is 7.71. The number of carbonyl (C=O) groups excluding carboxylic acids is 1. The number of H-pyrrole nitrogens is 1. The summed E-state index contributed by atoms with van der Waals surface area (Å²) in [7, 11) is -2.54. The summed E-state index contributed by atoms with van der Waals surface area (Å²) in [5.74, 6) is -0.579. The average molecular weight is 252 g/mol. The highest BCUT2D eigenvalue weighted by Crippen LogP contribution is 2.23. The molecule has 0 bridgehead atoms. The van der Waals surface area contributed by atoms with Gasteiger partial charge in [0.25, 0.3) is 0 Å². The number of primary amides is 1. The van der Waals surface area contributed by atoms with Crippen molar-refractivity contribution >= 4 is 27.5 Å². The summed E-state index contributed by atoms with van der Waals surface area (Å²) in [6.45, 7) is 0. The van der Waals surface area contributed by atoms with Gasteiger partial charge in [-0.05, 0) is 11.6 Å². The van der Waals surface area contributed by atoms with E-state index in [-0.39, 0.29) is 12.2 Å². The fourth-order valence-corrected chi connectivity index (χ4v) is 2.42. The predicted octanol–water partition coefficient (Wildman–Crippen LogP) is 0.307. The number of nitrogens with one attached hydrogen (secondary N) is 1. The number of amides is 1. The van der Waals surface area contributed by atoms with Crippen LogP contribution < -0.4 is 5.73 Å². The number of aromatic amines is 1. The predicted molar refractivity (Wildman–Crippen MR) is 65.2 cm³/mol. The molecule has 0 aliphatic carbocycles. The van der Waals surface area contributed by atoms with Crippen LogP contribution in [0.25, 0.3) is 10.9 Å². The first-order valence-corrected chi connectivity index (χ1v) is 6.42. The summed E-state index contributed by atoms with van der Waals surface area (Å²) in [6, 6.07) is 7.35. The van der Waals surface area contributed by atoms with Crippen LogP contribution in [0.4, 0.5) is 0 Å². The van der Waals surface area contributed by atoms with Gasteiger partial charge in [-0.25, -0.2) is 8.42 Å². The maximum atomic E-state index is 11.0. The fraction of sp³-hybridized carbons (Fsp3) is 0.182. The third-order valence-corrected chi connectivity index (χ3v) is 3.11. The minimum absolute atomic E-state index is 0.0442. The SMILES string of the molecule is NC(=O)Cc1c(C[SH](=O)=O)[nH]c2ccccc12. The monoisotopic (exact) mass is 252 g/mol. The first-order valence-electron chi connectivity index (χ1n) is 5.06. The minimum atomic E-state index is -2.54. The van der Waals surface area contributed by atoms with E-state index in [1.54, 1.807) is 0 Å². The molecule has 0 radical (unpaired) electrons. The Labute approximate surface area is 99.6 Å². The maximum Gasteiger partial charge on any atom is 0.221 e. The number of hydrogen-bond acceptors (Lipinski definition) is 3. The van der Waals surface area contributed by atoms with E-state index >= 15 is 0 Å². The number of fused-ring (bicyclic) bond motifs is 1. The molecule has 6 heteroatoms. The van der Waals surface area contributed by atoms with Gasteiger partial charge in [-0.2, -0.15) is 0 Å². The van der Waals surface area contributed by atoms with E-state index in [2.05, 4.69) is 4.98 Å². The van der Waals surface area contributed by atoms with Crippen molar-refractivity contribution in [2.24, 2.45) is 5.73 Å². The summed E-state index contributed by atoms with van der Waals surface area (Å²) in [5, 5.41) is 0.846. The van der Waals surface area contributed by atoms with Crippen LogP contribution in [0.5, 0.6) is 0 Å². The Balaban J connectivity index is 2.60. The molecule has 0 fully saturated rings. The fourth-order valence-electron chi connectivity index (χ4n) is 1.90. The van der Waals surface area contributed by atoms with Crippen molar-refractivity contribution in [3.05, 3.63) is 35.5 Å². The van der Waals surface area contributed by atoms with Gasteiger partial charge in [-0.3, -0.25) is 4.79 Å². The van der Waals surface area contributed by atoms with Gasteiger partial charge in [-0.1, -0.05) is 18.2 Å². The smallest absolute Gasteiger partial charge is 0.221 e. The summed E-state index contributed by atoms with van der Waals surface area (Å²) < 4.78 is 21.6. The number of aromatic nitrogens is 1. The summed E-state index contributed by atoms with van der Waals surface area (Å²) >= 11 is 0. The number of nitrogens with two attached hydrogens (primary N) is 1. The van der Waals surface area contributed by atoms with Crippen LogP contribution in [0.2, 0.25) is 0 Å². The van der Waals surface area contributed by atoms with E-state index in [9.17, 15) is 13.2 Å². The molecule has 1 heterocycles. The molecule has 2 aromatic rings. The highest BCUT2D eigenvalue weighted by Gasteiger charge is 2.13. The van der Waals surface area contributed by atoms with Gasteiger partial charge in [0.1, 0.15) is 10.7 Å². The lowest BCUT2D eigenvalue weighted by atomic mass is 10.1. The minimum Gasteiger partial charge on any atom is -0.369 e. The molecule has 0 atom stereocenters. The zero-order valence-corrected chi connectivity index (χ0v) is 9.87. The molecule has 0 aliphatic rings. The lowest BCUT2D eigenvalue weighted by molar-refractivity contribution is -0.117. The van der Waals surface area contributed by atoms with Crippen molar-refractivity contribution in [1.29, 1.82) is 0 Å². The molecule has 1 aromatic carbocycles. The Morgan fingerprint density at radius 2 is 2.00 bits per heavy atom. The maximum absolute atomic E-state index is 11.0. The zero-order chi connectivity index (χ0) is 12.4. The van der Waals surface area contributed by atoms with Crippen molar-refractivity contribution in [3.8, 4) is 0 Å². The van der Waals surface area contributed by atoms with E-state index in [0.29, 0.717) is 11.3 Å². The number of benzene rings is 1. The van der Waals surface area contributed by atoms with Gasteiger partial charge in [0.2, 0.25) is 5.91 Å². The van der Waals surface area contributed by atoms with Crippen LogP contribution >= 0.6 is 0 Å². The van der Waals surface area contributed by atoms with E-state index in [1.165, 1.54) is 0 Å². The standard InChI is InChI=1S/C11H12N2O3S/c12-11(14)5-8-7-3-1-2-4-9(7)13-10(8)6-17(15)16/h1-4,13,17H,5-6H2,(H2,12,14). The molecule has 0 unspecified atom stereocenters. The lowest BCUT2D eigenvalue weighted by Crippen LogP contribution is -2.14. The molecule has 0 saturated carbocycles. The number of carbonyl (C=O) groups is 1. The van der Waals surface area contributed by atoms with Crippen molar-refractivity contribution in [2.75, 3.05) is 0 Å². The quantitative estimate of drug-likeness (QED) is 0.683. The van der Waals surface area contributed by atoms with Crippen LogP contribution in [0, 0.1) is 0 Å². The Morgan fingerprint density at radius 3 is 2.65 bits per heavy atom. The van der Waals surface area contributed by atoms with Gasteiger partial charge in [0.15, 0.2) is 0 Å². The van der Waals surface area contributed by atoms with Gasteiger partial charge < -0.3 is 10.7 Å². The molecule has 0 aliphatic heterocycles. The second-order valence-corrected chi connectivity index (χ2v) is 4.74. The molecule has 17 heavy (non-hydrogen) atoms. The number of rotatable bonds is 4. The Morgan fingerprint density at radius 1 is 1.29 bits per heavy atom. The van der Waals surface area contributed by atoms with Crippen molar-refractivity contribution in [3.63, 3.8) is 0 Å². The van der Waals surface area contributed by atoms with Crippen LogP contribution in [0.15, 0.2) is 24.3 Å². The molecule has 0 saturated heterocycles. The van der Waals surface area contributed by atoms with Crippen LogP contribution in [-0.4, -0.2) is 19.3 Å². The second-order valence-electron chi connectivity index (χ2n) is 3.76. The highest BCUT2D eigenvalue weighted by atomic mass is 32.2. The molecular weight excluding hydrogens is 240 g/mol. The lowest BCUT2D eigenvalue weighted by Gasteiger charge is -1.98. The Kier molecular flexibility index (Phi) is 3.14. The van der Waals surface area contributed by atoms with Crippen LogP contribution in [0.3, 0.4) is 0 Å². The average Bonchev–Trinajstić information content (AvgIpc) is 2.55. The Bertz CT molecular complexity index is 635. The largest absolute Gasteiger partial charge is 0.369 e. The molecule has 90 valence electrons. The number of hydrogen-bond donors (Lipinski definition) is 3. The third kappa shape index (κ3) is 2.47. The summed E-state index contributed by atoms with van der Waals surface area (Å²) in [6.07, 6.45) is 0.0442. The summed E-state index contributed by atoms with van der Waals surface area (Å²) in [4.78, 5) is 14.0. The zero-order valence-electron chi connectivity index (χ0n) is 8.97. The Hall–Kier alpha value is -1.82. The van der Waals surface area contributed by atoms with Gasteiger partial charge in [0.05, 0.1) is 12.2 Å². The van der Waals surface area contributed by atoms with E-state index in [0.717, 1.165) is 10.9 Å². The van der Waals surface area contributed by atoms with Crippen molar-refractivity contribution in [2.45, 2.75) is 12.2 Å². The second kappa shape index (κ2) is 4.58. The van der Waals surface area contributed by atoms with E-state index in [1.807, 2.05) is 24.3 Å². The van der Waals surface area contributed by atoms with E-state index in [4.69, 9.17) is 5.73 Å². The first kappa shape index (κ1) is 11.7. The van der Waals surface area contributed by atoms with Gasteiger partial charge in [-0.15, -0.1) is 0 Å². The molecule has 1 amide bonds. The van der Waals surface area contributed by atoms with E-state index < -0.39 is 16.6 Å².